The predicted octanol–water partition coefficient (Wildman–Crippen LogP) is 1.91. The van der Waals surface area contributed by atoms with Crippen LogP contribution < -0.4 is 5.32 Å². The van der Waals surface area contributed by atoms with E-state index in [4.69, 9.17) is 0 Å². The number of aliphatic hydroxyl groups excluding tert-OH is 1. The molecule has 0 aliphatic heterocycles. The topological polar surface area (TPSA) is 91.7 Å². The Labute approximate surface area is 150 Å². The molecule has 0 bridgehead atoms. The number of aliphatic hydroxyl groups is 1. The maximum Gasteiger partial charge on any atom is 0.135 e. The second kappa shape index (κ2) is 7.07. The third-order valence-corrected chi connectivity index (χ3v) is 5.70. The first kappa shape index (κ1) is 16.4. The number of thiophene rings is 1. The summed E-state index contributed by atoms with van der Waals surface area (Å²) in [4.78, 5) is 0. The molecule has 4 rings (SSSR count). The van der Waals surface area contributed by atoms with Gasteiger partial charge in [-0.25, -0.2) is 0 Å². The molecule has 3 heterocycles. The fourth-order valence-electron chi connectivity index (χ4n) is 3.69. The Balaban J connectivity index is 1.34. The van der Waals surface area contributed by atoms with Gasteiger partial charge in [0.1, 0.15) is 12.2 Å². The molecular formula is C17H22N6OS. The highest BCUT2D eigenvalue weighted by atomic mass is 32.1. The molecule has 0 spiro atoms. The van der Waals surface area contributed by atoms with Crippen LogP contribution in [0.5, 0.6) is 0 Å². The molecule has 1 aliphatic rings. The van der Waals surface area contributed by atoms with Gasteiger partial charge in [-0.1, -0.05) is 0 Å². The number of rotatable bonds is 6. The van der Waals surface area contributed by atoms with Gasteiger partial charge in [-0.15, -0.1) is 10.2 Å². The van der Waals surface area contributed by atoms with Crippen molar-refractivity contribution in [2.45, 2.75) is 31.4 Å². The van der Waals surface area contributed by atoms with E-state index < -0.39 is 0 Å². The fourth-order valence-corrected chi connectivity index (χ4v) is 4.34. The number of hydrogen-bond donors (Lipinski definition) is 3. The van der Waals surface area contributed by atoms with E-state index in [1.165, 1.54) is 5.56 Å². The highest BCUT2D eigenvalue weighted by molar-refractivity contribution is 7.08. The van der Waals surface area contributed by atoms with E-state index in [0.717, 1.165) is 43.0 Å². The Morgan fingerprint density at radius 2 is 2.36 bits per heavy atom. The van der Waals surface area contributed by atoms with E-state index in [9.17, 15) is 5.11 Å². The number of nitrogens with one attached hydrogen (secondary N) is 2. The molecule has 0 aromatic carbocycles. The second-order valence-electron chi connectivity index (χ2n) is 6.71. The van der Waals surface area contributed by atoms with Gasteiger partial charge in [0.2, 0.25) is 0 Å². The molecule has 0 saturated heterocycles. The number of hydrogen-bond acceptors (Lipinski definition) is 6. The molecule has 0 radical (unpaired) electrons. The van der Waals surface area contributed by atoms with Crippen molar-refractivity contribution < 1.29 is 5.11 Å². The Morgan fingerprint density at radius 3 is 3.12 bits per heavy atom. The van der Waals surface area contributed by atoms with Gasteiger partial charge < -0.3 is 15.0 Å². The molecule has 132 valence electrons. The summed E-state index contributed by atoms with van der Waals surface area (Å²) in [7, 11) is 1.96. The van der Waals surface area contributed by atoms with Gasteiger partial charge >= 0.3 is 0 Å². The Hall–Kier alpha value is -2.03. The standard InChI is InChI=1S/C17H22N6OS/c1-23-10-20-22-17(23)12-4-13(15(24)5-12)6-18-7-14-8-19-21-16(14)11-2-3-25-9-11/h2-3,8-10,12-13,15,18,24H,4-7H2,1H3,(H,19,21)/t12-,13+,15+/m0/s1. The largest absolute Gasteiger partial charge is 0.393 e. The van der Waals surface area contributed by atoms with Gasteiger partial charge in [-0.05, 0) is 30.2 Å². The van der Waals surface area contributed by atoms with E-state index in [1.54, 1.807) is 17.7 Å². The summed E-state index contributed by atoms with van der Waals surface area (Å²) < 4.78 is 1.95. The summed E-state index contributed by atoms with van der Waals surface area (Å²) in [5.74, 6) is 1.49. The third-order valence-electron chi connectivity index (χ3n) is 5.02. The van der Waals surface area contributed by atoms with Crippen molar-refractivity contribution in [1.82, 2.24) is 30.3 Å². The molecular weight excluding hydrogens is 336 g/mol. The number of aromatic amines is 1. The number of aryl methyl sites for hydroxylation is 1. The minimum absolute atomic E-state index is 0.234. The molecule has 8 heteroatoms. The fraction of sp³-hybridized carbons (Fsp3) is 0.471. The monoisotopic (exact) mass is 358 g/mol. The zero-order chi connectivity index (χ0) is 17.2. The van der Waals surface area contributed by atoms with Crippen LogP contribution in [0, 0.1) is 5.92 Å². The lowest BCUT2D eigenvalue weighted by Gasteiger charge is -2.15. The maximum atomic E-state index is 10.4. The SMILES string of the molecule is Cn1cnnc1[C@H]1C[C@H](CNCc2cn[nH]c2-c2ccsc2)[C@H](O)C1. The van der Waals surface area contributed by atoms with Crippen LogP contribution in [0.15, 0.2) is 29.4 Å². The van der Waals surface area contributed by atoms with Crippen LogP contribution in [0.1, 0.15) is 30.1 Å². The first-order chi connectivity index (χ1) is 12.2. The quantitative estimate of drug-likeness (QED) is 0.626. The number of H-pyrrole nitrogens is 1. The van der Waals surface area contributed by atoms with Crippen molar-refractivity contribution in [3.63, 3.8) is 0 Å². The lowest BCUT2D eigenvalue weighted by Crippen LogP contribution is -2.27. The Kier molecular flexibility index (Phi) is 4.65. The molecule has 3 aromatic rings. The highest BCUT2D eigenvalue weighted by Gasteiger charge is 2.35. The van der Waals surface area contributed by atoms with Gasteiger partial charge in [0.15, 0.2) is 0 Å². The summed E-state index contributed by atoms with van der Waals surface area (Å²) in [5.41, 5.74) is 3.39. The summed E-state index contributed by atoms with van der Waals surface area (Å²) in [6.07, 6.45) is 4.98. The first-order valence-corrected chi connectivity index (χ1v) is 9.44. The van der Waals surface area contributed by atoms with Crippen molar-refractivity contribution >= 4 is 11.3 Å². The van der Waals surface area contributed by atoms with Crippen molar-refractivity contribution in [2.75, 3.05) is 6.54 Å². The van der Waals surface area contributed by atoms with Gasteiger partial charge in [-0.3, -0.25) is 5.10 Å². The van der Waals surface area contributed by atoms with Crippen molar-refractivity contribution in [2.24, 2.45) is 13.0 Å². The minimum Gasteiger partial charge on any atom is -0.393 e. The first-order valence-electron chi connectivity index (χ1n) is 8.50. The molecule has 3 atom stereocenters. The number of aromatic nitrogens is 5. The summed E-state index contributed by atoms with van der Waals surface area (Å²) in [6, 6.07) is 2.09. The molecule has 25 heavy (non-hydrogen) atoms. The lowest BCUT2D eigenvalue weighted by atomic mass is 10.0. The summed E-state index contributed by atoms with van der Waals surface area (Å²) in [5, 5.41) is 33.5. The zero-order valence-electron chi connectivity index (χ0n) is 14.1. The van der Waals surface area contributed by atoms with E-state index in [0.29, 0.717) is 0 Å². The molecule has 1 saturated carbocycles. The van der Waals surface area contributed by atoms with E-state index in [2.05, 4.69) is 42.5 Å². The van der Waals surface area contributed by atoms with E-state index in [-0.39, 0.29) is 17.9 Å². The zero-order valence-corrected chi connectivity index (χ0v) is 14.9. The average molecular weight is 358 g/mol. The van der Waals surface area contributed by atoms with E-state index in [1.807, 2.05) is 17.8 Å². The van der Waals surface area contributed by atoms with Crippen LogP contribution in [0.25, 0.3) is 11.3 Å². The van der Waals surface area contributed by atoms with Crippen LogP contribution in [0.2, 0.25) is 0 Å². The van der Waals surface area contributed by atoms with Gasteiger partial charge in [0.25, 0.3) is 0 Å². The van der Waals surface area contributed by atoms with Crippen LogP contribution in [0.4, 0.5) is 0 Å². The summed E-state index contributed by atoms with van der Waals surface area (Å²) in [6.45, 7) is 1.52. The lowest BCUT2D eigenvalue weighted by molar-refractivity contribution is 0.131. The van der Waals surface area contributed by atoms with Crippen molar-refractivity contribution in [3.8, 4) is 11.3 Å². The van der Waals surface area contributed by atoms with Crippen LogP contribution in [-0.4, -0.2) is 42.7 Å². The Morgan fingerprint density at radius 1 is 1.44 bits per heavy atom. The molecule has 3 N–H and O–H groups in total. The minimum atomic E-state index is -0.296. The smallest absolute Gasteiger partial charge is 0.135 e. The molecule has 0 amide bonds. The molecule has 0 unspecified atom stereocenters. The molecule has 7 nitrogen and oxygen atoms in total. The van der Waals surface area contributed by atoms with Gasteiger partial charge in [0, 0.05) is 42.6 Å². The maximum absolute atomic E-state index is 10.4. The highest BCUT2D eigenvalue weighted by Crippen LogP contribution is 2.37. The second-order valence-corrected chi connectivity index (χ2v) is 7.49. The molecule has 1 aliphatic carbocycles. The molecule has 1 fully saturated rings. The Bertz CT molecular complexity index is 811. The van der Waals surface area contributed by atoms with Crippen molar-refractivity contribution in [3.05, 3.63) is 40.7 Å². The molecule has 3 aromatic heterocycles. The third kappa shape index (κ3) is 3.37. The normalized spacial score (nSPS) is 23.4. The summed E-state index contributed by atoms with van der Waals surface area (Å²) >= 11 is 1.68. The number of nitrogens with zero attached hydrogens (tertiary/aromatic N) is 4. The van der Waals surface area contributed by atoms with Gasteiger partial charge in [-0.2, -0.15) is 16.4 Å². The predicted molar refractivity (Wildman–Crippen MR) is 96.1 cm³/mol. The van der Waals surface area contributed by atoms with Crippen LogP contribution in [-0.2, 0) is 13.6 Å². The van der Waals surface area contributed by atoms with Crippen molar-refractivity contribution in [1.29, 1.82) is 0 Å². The van der Waals surface area contributed by atoms with Gasteiger partial charge in [0.05, 0.1) is 18.0 Å². The van der Waals surface area contributed by atoms with Crippen LogP contribution >= 0.6 is 11.3 Å². The van der Waals surface area contributed by atoms with E-state index >= 15 is 0 Å². The average Bonchev–Trinajstić information content (AvgIpc) is 3.35. The van der Waals surface area contributed by atoms with Crippen LogP contribution in [0.3, 0.4) is 0 Å².